The van der Waals surface area contributed by atoms with Gasteiger partial charge < -0.3 is 14.2 Å². The van der Waals surface area contributed by atoms with Crippen molar-refractivity contribution < 1.29 is 23.9 Å². The van der Waals surface area contributed by atoms with Crippen LogP contribution < -0.4 is 19.6 Å². The van der Waals surface area contributed by atoms with Gasteiger partial charge in [0.2, 0.25) is 6.79 Å². The maximum absolute atomic E-state index is 11.8. The Morgan fingerprint density at radius 3 is 2.92 bits per heavy atom. The molecule has 0 fully saturated rings. The summed E-state index contributed by atoms with van der Waals surface area (Å²) in [6, 6.07) is 9.73. The predicted molar refractivity (Wildman–Crippen MR) is 91.6 cm³/mol. The van der Waals surface area contributed by atoms with Crippen LogP contribution in [0.2, 0.25) is 0 Å². The average molecular weight is 357 g/mol. The smallest absolute Gasteiger partial charge is 0.311 e. The van der Waals surface area contributed by atoms with Crippen molar-refractivity contribution in [3.63, 3.8) is 0 Å². The lowest BCUT2D eigenvalue weighted by Crippen LogP contribution is -2.24. The first-order valence-corrected chi connectivity index (χ1v) is 7.62. The van der Waals surface area contributed by atoms with Crippen LogP contribution in [0.3, 0.4) is 0 Å². The maximum atomic E-state index is 11.8. The molecule has 2 aromatic carbocycles. The van der Waals surface area contributed by atoms with Gasteiger partial charge in [-0.05, 0) is 42.3 Å². The van der Waals surface area contributed by atoms with Crippen molar-refractivity contribution in [1.82, 2.24) is 5.43 Å². The van der Waals surface area contributed by atoms with Crippen LogP contribution in [0.25, 0.3) is 0 Å². The molecule has 134 valence electrons. The molecule has 3 rings (SSSR count). The van der Waals surface area contributed by atoms with Crippen LogP contribution in [0.5, 0.6) is 17.2 Å². The third kappa shape index (κ3) is 4.07. The van der Waals surface area contributed by atoms with Gasteiger partial charge in [0.15, 0.2) is 23.9 Å². The maximum Gasteiger partial charge on any atom is 0.311 e. The summed E-state index contributed by atoms with van der Waals surface area (Å²) in [5, 5.41) is 14.8. The minimum Gasteiger partial charge on any atom is -0.477 e. The second-order valence-electron chi connectivity index (χ2n) is 5.42. The standard InChI is InChI=1S/C17H15N3O6/c1-11-2-4-14(13(6-11)20(22)23)24-9-17(21)19-18-8-12-3-5-15-16(7-12)26-10-25-15/h2-8H,9-10H2,1H3,(H,19,21)/b18-8-. The second kappa shape index (κ2) is 7.51. The summed E-state index contributed by atoms with van der Waals surface area (Å²) in [5.74, 6) is 0.738. The van der Waals surface area contributed by atoms with E-state index in [4.69, 9.17) is 14.2 Å². The highest BCUT2D eigenvalue weighted by molar-refractivity contribution is 5.83. The topological polar surface area (TPSA) is 112 Å². The Morgan fingerprint density at radius 1 is 1.31 bits per heavy atom. The van der Waals surface area contributed by atoms with Crippen LogP contribution in [0, 0.1) is 17.0 Å². The van der Waals surface area contributed by atoms with Crippen LogP contribution in [0.1, 0.15) is 11.1 Å². The molecule has 0 saturated carbocycles. The molecule has 0 saturated heterocycles. The first-order chi connectivity index (χ1) is 12.5. The van der Waals surface area contributed by atoms with Crippen molar-refractivity contribution in [3.8, 4) is 17.2 Å². The molecule has 0 aromatic heterocycles. The molecular weight excluding hydrogens is 342 g/mol. The molecule has 0 bridgehead atoms. The van der Waals surface area contributed by atoms with E-state index in [1.165, 1.54) is 18.3 Å². The Labute approximate surface area is 148 Å². The summed E-state index contributed by atoms with van der Waals surface area (Å²) in [6.45, 7) is 1.51. The zero-order chi connectivity index (χ0) is 18.5. The fourth-order valence-electron chi connectivity index (χ4n) is 2.24. The molecule has 0 radical (unpaired) electrons. The number of fused-ring (bicyclic) bond motifs is 1. The lowest BCUT2D eigenvalue weighted by Gasteiger charge is -2.06. The van der Waals surface area contributed by atoms with E-state index in [-0.39, 0.29) is 18.2 Å². The number of carbonyl (C=O) groups is 1. The molecule has 0 atom stereocenters. The number of hydrogen-bond donors (Lipinski definition) is 1. The Morgan fingerprint density at radius 2 is 2.12 bits per heavy atom. The van der Waals surface area contributed by atoms with Crippen molar-refractivity contribution in [1.29, 1.82) is 0 Å². The van der Waals surface area contributed by atoms with Gasteiger partial charge in [0.25, 0.3) is 5.91 Å². The van der Waals surface area contributed by atoms with Gasteiger partial charge in [0.05, 0.1) is 11.1 Å². The van der Waals surface area contributed by atoms with E-state index in [1.807, 2.05) is 0 Å². The molecule has 1 heterocycles. The van der Waals surface area contributed by atoms with Crippen molar-refractivity contribution in [2.75, 3.05) is 13.4 Å². The van der Waals surface area contributed by atoms with Crippen molar-refractivity contribution >= 4 is 17.8 Å². The van der Waals surface area contributed by atoms with E-state index in [0.29, 0.717) is 17.1 Å². The summed E-state index contributed by atoms with van der Waals surface area (Å²) in [7, 11) is 0. The Hall–Kier alpha value is -3.62. The van der Waals surface area contributed by atoms with E-state index >= 15 is 0 Å². The van der Waals surface area contributed by atoms with Gasteiger partial charge in [-0.15, -0.1) is 0 Å². The third-order valence-corrected chi connectivity index (χ3v) is 3.47. The van der Waals surface area contributed by atoms with Crippen LogP contribution in [0.15, 0.2) is 41.5 Å². The number of rotatable bonds is 6. The molecule has 1 amide bonds. The number of nitro groups is 1. The van der Waals surface area contributed by atoms with Crippen molar-refractivity contribution in [3.05, 3.63) is 57.6 Å². The van der Waals surface area contributed by atoms with Crippen LogP contribution >= 0.6 is 0 Å². The summed E-state index contributed by atoms with van der Waals surface area (Å²) in [4.78, 5) is 22.2. The van der Waals surface area contributed by atoms with Gasteiger partial charge >= 0.3 is 5.69 Å². The van der Waals surface area contributed by atoms with Gasteiger partial charge in [0, 0.05) is 6.07 Å². The predicted octanol–water partition coefficient (Wildman–Crippen LogP) is 2.16. The van der Waals surface area contributed by atoms with E-state index < -0.39 is 17.4 Å². The number of carbonyl (C=O) groups excluding carboxylic acids is 1. The number of nitrogens with one attached hydrogen (secondary N) is 1. The number of hydrogen-bond acceptors (Lipinski definition) is 7. The summed E-state index contributed by atoms with van der Waals surface area (Å²) in [6.07, 6.45) is 1.44. The van der Waals surface area contributed by atoms with Gasteiger partial charge in [-0.1, -0.05) is 6.07 Å². The largest absolute Gasteiger partial charge is 0.477 e. The molecule has 1 N–H and O–H groups in total. The molecular formula is C17H15N3O6. The Kier molecular flexibility index (Phi) is 4.97. The molecule has 26 heavy (non-hydrogen) atoms. The van der Waals surface area contributed by atoms with Crippen LogP contribution in [0.4, 0.5) is 5.69 Å². The third-order valence-electron chi connectivity index (χ3n) is 3.47. The molecule has 9 nitrogen and oxygen atoms in total. The summed E-state index contributed by atoms with van der Waals surface area (Å²) in [5.41, 5.74) is 3.54. The molecule has 0 spiro atoms. The lowest BCUT2D eigenvalue weighted by atomic mass is 10.2. The number of nitrogens with zero attached hydrogens (tertiary/aromatic N) is 2. The number of aryl methyl sites for hydroxylation is 1. The molecule has 0 unspecified atom stereocenters. The monoisotopic (exact) mass is 357 g/mol. The van der Waals surface area contributed by atoms with Gasteiger partial charge in [-0.25, -0.2) is 5.43 Å². The first-order valence-electron chi connectivity index (χ1n) is 7.62. The molecule has 2 aromatic rings. The van der Waals surface area contributed by atoms with Gasteiger partial charge in [-0.2, -0.15) is 5.10 Å². The van der Waals surface area contributed by atoms with E-state index in [1.54, 1.807) is 31.2 Å². The highest BCUT2D eigenvalue weighted by Crippen LogP contribution is 2.32. The van der Waals surface area contributed by atoms with E-state index in [2.05, 4.69) is 10.5 Å². The second-order valence-corrected chi connectivity index (χ2v) is 5.42. The molecule has 1 aliphatic rings. The van der Waals surface area contributed by atoms with Crippen LogP contribution in [-0.2, 0) is 4.79 Å². The fraction of sp³-hybridized carbons (Fsp3) is 0.176. The minimum absolute atomic E-state index is 0.0236. The number of ether oxygens (including phenoxy) is 3. The van der Waals surface area contributed by atoms with Crippen LogP contribution in [-0.4, -0.2) is 30.4 Å². The average Bonchev–Trinajstić information content (AvgIpc) is 3.08. The molecule has 9 heteroatoms. The number of benzene rings is 2. The normalized spacial score (nSPS) is 12.2. The quantitative estimate of drug-likeness (QED) is 0.482. The zero-order valence-corrected chi connectivity index (χ0v) is 13.8. The first kappa shape index (κ1) is 17.2. The summed E-state index contributed by atoms with van der Waals surface area (Å²) < 4.78 is 15.7. The van der Waals surface area contributed by atoms with Crippen molar-refractivity contribution in [2.45, 2.75) is 6.92 Å². The number of amides is 1. The minimum atomic E-state index is -0.558. The fourth-order valence-corrected chi connectivity index (χ4v) is 2.24. The van der Waals surface area contributed by atoms with E-state index in [0.717, 1.165) is 5.56 Å². The lowest BCUT2D eigenvalue weighted by molar-refractivity contribution is -0.385. The van der Waals surface area contributed by atoms with Crippen molar-refractivity contribution in [2.24, 2.45) is 5.10 Å². The molecule has 0 aliphatic carbocycles. The number of hydrazone groups is 1. The SMILES string of the molecule is Cc1ccc(OCC(=O)N/N=C\c2ccc3c(c2)OCO3)c([N+](=O)[O-])c1. The Balaban J connectivity index is 1.54. The molecule has 1 aliphatic heterocycles. The summed E-state index contributed by atoms with van der Waals surface area (Å²) >= 11 is 0. The highest BCUT2D eigenvalue weighted by atomic mass is 16.7. The van der Waals surface area contributed by atoms with E-state index in [9.17, 15) is 14.9 Å². The highest BCUT2D eigenvalue weighted by Gasteiger charge is 2.16. The Bertz CT molecular complexity index is 881. The number of nitro benzene ring substituents is 1. The van der Waals surface area contributed by atoms with Gasteiger partial charge in [-0.3, -0.25) is 14.9 Å². The zero-order valence-electron chi connectivity index (χ0n) is 13.8. The van der Waals surface area contributed by atoms with Gasteiger partial charge in [0.1, 0.15) is 0 Å².